The molecule has 0 radical (unpaired) electrons. The van der Waals surface area contributed by atoms with Gasteiger partial charge in [0.2, 0.25) is 0 Å². The summed E-state index contributed by atoms with van der Waals surface area (Å²) in [5.41, 5.74) is 0. The highest BCUT2D eigenvalue weighted by molar-refractivity contribution is 9.09. The van der Waals surface area contributed by atoms with E-state index in [1.807, 2.05) is 6.08 Å². The van der Waals surface area contributed by atoms with Crippen LogP contribution in [0.15, 0.2) is 12.2 Å². The number of allylic oxidation sites excluding steroid dienone is 1. The van der Waals surface area contributed by atoms with Crippen molar-refractivity contribution in [3.05, 3.63) is 12.2 Å². The van der Waals surface area contributed by atoms with Crippen molar-refractivity contribution in [3.63, 3.8) is 0 Å². The smallest absolute Gasteiger partial charge is 0.0876 e. The van der Waals surface area contributed by atoms with Gasteiger partial charge in [-0.2, -0.15) is 0 Å². The maximum absolute atomic E-state index is 6.29. The molecule has 6 atom stereocenters. The summed E-state index contributed by atoms with van der Waals surface area (Å²) in [6.45, 7) is 2.18. The molecule has 0 amide bonds. The quantitative estimate of drug-likeness (QED) is 0.535. The van der Waals surface area contributed by atoms with Crippen LogP contribution in [0, 0.1) is 12.3 Å². The number of terminal acetylenes is 1. The molecule has 0 aromatic rings. The van der Waals surface area contributed by atoms with Crippen molar-refractivity contribution in [2.45, 2.75) is 66.7 Å². The van der Waals surface area contributed by atoms with E-state index in [0.717, 1.165) is 25.7 Å². The zero-order chi connectivity index (χ0) is 13.8. The Labute approximate surface area is 132 Å². The molecule has 3 heterocycles. The van der Waals surface area contributed by atoms with Crippen LogP contribution in [0.1, 0.15) is 32.6 Å². The van der Waals surface area contributed by atoms with Gasteiger partial charge < -0.3 is 9.47 Å². The Morgan fingerprint density at radius 1 is 1.37 bits per heavy atom. The summed E-state index contributed by atoms with van der Waals surface area (Å²) < 4.78 is 12.2. The van der Waals surface area contributed by atoms with Crippen LogP contribution in [0.4, 0.5) is 0 Å². The van der Waals surface area contributed by atoms with Crippen molar-refractivity contribution in [2.75, 3.05) is 0 Å². The third kappa shape index (κ3) is 3.85. The van der Waals surface area contributed by atoms with E-state index in [1.54, 1.807) is 6.08 Å². The fourth-order valence-electron chi connectivity index (χ4n) is 2.63. The van der Waals surface area contributed by atoms with Crippen LogP contribution >= 0.6 is 31.9 Å². The van der Waals surface area contributed by atoms with Gasteiger partial charge in [0.25, 0.3) is 0 Å². The molecule has 0 aliphatic carbocycles. The van der Waals surface area contributed by atoms with Gasteiger partial charge in [-0.25, -0.2) is 0 Å². The first-order valence-corrected chi connectivity index (χ1v) is 8.69. The van der Waals surface area contributed by atoms with Gasteiger partial charge in [0.05, 0.1) is 24.4 Å². The maximum atomic E-state index is 6.29. The zero-order valence-corrected chi connectivity index (χ0v) is 14.3. The Hall–Kier alpha value is 0.180. The predicted molar refractivity (Wildman–Crippen MR) is 84.9 cm³/mol. The van der Waals surface area contributed by atoms with Gasteiger partial charge in [-0.1, -0.05) is 50.8 Å². The highest BCUT2D eigenvalue weighted by atomic mass is 79.9. The van der Waals surface area contributed by atoms with Crippen LogP contribution in [0.5, 0.6) is 0 Å². The normalized spacial score (nSPS) is 40.0. The van der Waals surface area contributed by atoms with Crippen molar-refractivity contribution < 1.29 is 9.47 Å². The van der Waals surface area contributed by atoms with Gasteiger partial charge >= 0.3 is 0 Å². The maximum Gasteiger partial charge on any atom is 0.0876 e. The average Bonchev–Trinajstić information content (AvgIpc) is 2.32. The number of fused-ring (bicyclic) bond motifs is 4. The minimum atomic E-state index is 0.123. The van der Waals surface area contributed by atoms with Crippen LogP contribution in [-0.4, -0.2) is 34.1 Å². The van der Waals surface area contributed by atoms with Crippen molar-refractivity contribution in [3.8, 4) is 12.3 Å². The number of ether oxygens (including phenoxy) is 2. The second kappa shape index (κ2) is 7.26. The minimum Gasteiger partial charge on any atom is -0.371 e. The standard InChI is InChI=1S/C15H20Br2O2/c1-3-5-6-7-12-15-9-14(19-15)11(17)8-13(18-12)10(16)4-2/h1,5-6,10-15H,4,7-9H2,2H3/t10?,11?,12-,13?,14?,15-/m0/s1. The summed E-state index contributed by atoms with van der Waals surface area (Å²) in [6.07, 6.45) is 13.8. The van der Waals surface area contributed by atoms with Gasteiger partial charge in [0.15, 0.2) is 0 Å². The number of rotatable bonds is 4. The van der Waals surface area contributed by atoms with E-state index in [-0.39, 0.29) is 18.3 Å². The zero-order valence-electron chi connectivity index (χ0n) is 11.1. The van der Waals surface area contributed by atoms with E-state index in [2.05, 4.69) is 44.7 Å². The number of alkyl halides is 2. The first-order chi connectivity index (χ1) is 9.15. The second-order valence-electron chi connectivity index (χ2n) is 5.14. The predicted octanol–water partition coefficient (Wildman–Crippen LogP) is 3.82. The lowest BCUT2D eigenvalue weighted by atomic mass is 9.90. The first kappa shape index (κ1) is 15.6. The molecule has 3 aliphatic heterocycles. The van der Waals surface area contributed by atoms with Crippen molar-refractivity contribution in [1.82, 2.24) is 0 Å². The average molecular weight is 392 g/mol. The lowest BCUT2D eigenvalue weighted by Crippen LogP contribution is -2.55. The van der Waals surface area contributed by atoms with Crippen molar-refractivity contribution in [2.24, 2.45) is 0 Å². The van der Waals surface area contributed by atoms with E-state index in [1.165, 1.54) is 0 Å². The Morgan fingerprint density at radius 2 is 2.11 bits per heavy atom. The topological polar surface area (TPSA) is 18.5 Å². The van der Waals surface area contributed by atoms with E-state index in [9.17, 15) is 0 Å². The third-order valence-electron chi connectivity index (χ3n) is 3.82. The van der Waals surface area contributed by atoms with E-state index in [0.29, 0.717) is 15.8 Å². The fraction of sp³-hybridized carbons (Fsp3) is 0.733. The molecule has 0 N–H and O–H groups in total. The molecule has 0 aromatic heterocycles. The van der Waals surface area contributed by atoms with Crippen molar-refractivity contribution >= 4 is 31.9 Å². The molecule has 0 saturated carbocycles. The highest BCUT2D eigenvalue weighted by Gasteiger charge is 2.44. The largest absolute Gasteiger partial charge is 0.371 e. The molecule has 106 valence electrons. The molecule has 0 aromatic carbocycles. The Kier molecular flexibility index (Phi) is 5.95. The van der Waals surface area contributed by atoms with Gasteiger partial charge in [0, 0.05) is 16.1 Å². The Bertz CT molecular complexity index is 358. The van der Waals surface area contributed by atoms with Gasteiger partial charge in [-0.05, 0) is 25.3 Å². The summed E-state index contributed by atoms with van der Waals surface area (Å²) in [4.78, 5) is 0.784. The molecule has 2 nitrogen and oxygen atoms in total. The minimum absolute atomic E-state index is 0.123. The molecule has 3 saturated heterocycles. The Morgan fingerprint density at radius 3 is 2.74 bits per heavy atom. The van der Waals surface area contributed by atoms with Gasteiger partial charge in [0.1, 0.15) is 0 Å². The lowest BCUT2D eigenvalue weighted by Gasteiger charge is -2.47. The molecule has 2 bridgehead atoms. The van der Waals surface area contributed by atoms with Crippen LogP contribution in [0.3, 0.4) is 0 Å². The monoisotopic (exact) mass is 390 g/mol. The third-order valence-corrected chi connectivity index (χ3v) is 6.02. The SMILES string of the molecule is C#CC=CC[C@@H]1OC(C(Br)CC)CC(Br)C2C[C@@H]1O2. The summed E-state index contributed by atoms with van der Waals surface area (Å²) in [7, 11) is 0. The Balaban J connectivity index is 2.02. The molecule has 3 rings (SSSR count). The number of hydrogen-bond acceptors (Lipinski definition) is 2. The number of hydrogen-bond donors (Lipinski definition) is 0. The van der Waals surface area contributed by atoms with Crippen LogP contribution in [0.2, 0.25) is 0 Å². The molecular formula is C15H20Br2O2. The molecule has 4 heteroatoms. The molecule has 3 aliphatic rings. The first-order valence-electron chi connectivity index (χ1n) is 6.85. The van der Waals surface area contributed by atoms with E-state index >= 15 is 0 Å². The summed E-state index contributed by atoms with van der Waals surface area (Å²) >= 11 is 7.46. The molecule has 0 spiro atoms. The van der Waals surface area contributed by atoms with E-state index in [4.69, 9.17) is 15.9 Å². The molecular weight excluding hydrogens is 372 g/mol. The van der Waals surface area contributed by atoms with Crippen LogP contribution in [0.25, 0.3) is 0 Å². The van der Waals surface area contributed by atoms with Crippen LogP contribution < -0.4 is 0 Å². The summed E-state index contributed by atoms with van der Waals surface area (Å²) in [5, 5.41) is 0. The van der Waals surface area contributed by atoms with Crippen LogP contribution in [-0.2, 0) is 9.47 Å². The molecule has 19 heavy (non-hydrogen) atoms. The lowest BCUT2D eigenvalue weighted by molar-refractivity contribution is -0.213. The van der Waals surface area contributed by atoms with Crippen molar-refractivity contribution in [1.29, 1.82) is 0 Å². The van der Waals surface area contributed by atoms with Gasteiger partial charge in [-0.15, -0.1) is 6.42 Å². The molecule has 3 fully saturated rings. The molecule has 4 unspecified atom stereocenters. The van der Waals surface area contributed by atoms with E-state index < -0.39 is 0 Å². The number of halogens is 2. The summed E-state index contributed by atoms with van der Waals surface area (Å²) in [6, 6.07) is 0. The second-order valence-corrected chi connectivity index (χ2v) is 7.49. The highest BCUT2D eigenvalue weighted by Crippen LogP contribution is 2.39. The fourth-order valence-corrected chi connectivity index (χ4v) is 3.68. The van der Waals surface area contributed by atoms with Gasteiger partial charge in [-0.3, -0.25) is 0 Å². The summed E-state index contributed by atoms with van der Waals surface area (Å²) in [5.74, 6) is 2.52.